The van der Waals surface area contributed by atoms with E-state index in [1.54, 1.807) is 6.07 Å². The average Bonchev–Trinajstić information content (AvgIpc) is 2.98. The average molecular weight is 299 g/mol. The van der Waals surface area contributed by atoms with Crippen LogP contribution in [0, 0.1) is 6.92 Å². The molecule has 5 heteroatoms. The van der Waals surface area contributed by atoms with Crippen LogP contribution in [-0.4, -0.2) is 29.0 Å². The van der Waals surface area contributed by atoms with Crippen molar-refractivity contribution in [1.82, 2.24) is 15.2 Å². The van der Waals surface area contributed by atoms with Crippen LogP contribution in [0.5, 0.6) is 0 Å². The molecule has 1 aromatic heterocycles. The van der Waals surface area contributed by atoms with Crippen LogP contribution in [0.4, 0.5) is 0 Å². The molecular formula is C17H21N3O2. The van der Waals surface area contributed by atoms with E-state index in [4.69, 9.17) is 0 Å². The minimum atomic E-state index is -0.257. The van der Waals surface area contributed by atoms with Gasteiger partial charge in [-0.2, -0.15) is 0 Å². The number of nitrogens with zero attached hydrogens (tertiary/aromatic N) is 1. The molecule has 0 aliphatic carbocycles. The molecule has 1 aromatic carbocycles. The normalized spacial score (nSPS) is 10.5. The summed E-state index contributed by atoms with van der Waals surface area (Å²) in [5.74, 6) is -0.451. The molecule has 2 N–H and O–H groups in total. The standard InChI is InChI=1S/C17H21N3O2/c1-12(2)19-16(21)11-18-17(22)14-7-6-13(3)15(10-14)20-8-4-5-9-20/h4-10,12H,11H2,1-3H3,(H,18,22)(H,19,21). The fourth-order valence-corrected chi connectivity index (χ4v) is 2.16. The molecule has 0 fully saturated rings. The monoisotopic (exact) mass is 299 g/mol. The number of aromatic nitrogens is 1. The molecule has 0 saturated carbocycles. The lowest BCUT2D eigenvalue weighted by atomic mass is 10.1. The van der Waals surface area contributed by atoms with Gasteiger partial charge in [-0.25, -0.2) is 0 Å². The highest BCUT2D eigenvalue weighted by atomic mass is 16.2. The third-order valence-corrected chi connectivity index (χ3v) is 3.21. The Morgan fingerprint density at radius 3 is 2.50 bits per heavy atom. The second-order valence-corrected chi connectivity index (χ2v) is 5.50. The lowest BCUT2D eigenvalue weighted by molar-refractivity contribution is -0.120. The van der Waals surface area contributed by atoms with E-state index in [2.05, 4.69) is 10.6 Å². The predicted octanol–water partition coefficient (Wildman–Crippen LogP) is 2.04. The smallest absolute Gasteiger partial charge is 0.251 e. The number of hydrogen-bond donors (Lipinski definition) is 2. The van der Waals surface area contributed by atoms with Crippen molar-refractivity contribution < 1.29 is 9.59 Å². The van der Waals surface area contributed by atoms with Crippen molar-refractivity contribution >= 4 is 11.8 Å². The van der Waals surface area contributed by atoms with Crippen molar-refractivity contribution in [3.8, 4) is 5.69 Å². The largest absolute Gasteiger partial charge is 0.352 e. The van der Waals surface area contributed by atoms with Crippen molar-refractivity contribution in [2.24, 2.45) is 0 Å². The number of hydrogen-bond acceptors (Lipinski definition) is 2. The van der Waals surface area contributed by atoms with E-state index in [0.29, 0.717) is 5.56 Å². The Morgan fingerprint density at radius 1 is 1.18 bits per heavy atom. The first kappa shape index (κ1) is 15.8. The van der Waals surface area contributed by atoms with Crippen molar-refractivity contribution in [1.29, 1.82) is 0 Å². The Labute approximate surface area is 130 Å². The molecule has 0 saturated heterocycles. The molecule has 22 heavy (non-hydrogen) atoms. The Morgan fingerprint density at radius 2 is 1.86 bits per heavy atom. The van der Waals surface area contributed by atoms with E-state index < -0.39 is 0 Å². The van der Waals surface area contributed by atoms with Gasteiger partial charge in [0.15, 0.2) is 0 Å². The summed E-state index contributed by atoms with van der Waals surface area (Å²) >= 11 is 0. The predicted molar refractivity (Wildman–Crippen MR) is 86.1 cm³/mol. The SMILES string of the molecule is Cc1ccc(C(=O)NCC(=O)NC(C)C)cc1-n1cccc1. The van der Waals surface area contributed by atoms with Gasteiger partial charge in [-0.05, 0) is 50.6 Å². The van der Waals surface area contributed by atoms with E-state index in [1.807, 2.05) is 62.0 Å². The summed E-state index contributed by atoms with van der Waals surface area (Å²) in [6.45, 7) is 5.73. The Bertz CT molecular complexity index is 661. The number of carbonyl (C=O) groups is 2. The number of benzene rings is 1. The molecule has 0 atom stereocenters. The van der Waals surface area contributed by atoms with Crippen molar-refractivity contribution in [2.45, 2.75) is 26.8 Å². The zero-order chi connectivity index (χ0) is 16.1. The van der Waals surface area contributed by atoms with Gasteiger partial charge in [0, 0.05) is 29.7 Å². The molecule has 2 amide bonds. The van der Waals surface area contributed by atoms with E-state index in [9.17, 15) is 9.59 Å². The summed E-state index contributed by atoms with van der Waals surface area (Å²) in [4.78, 5) is 23.7. The van der Waals surface area contributed by atoms with Crippen molar-refractivity contribution in [3.05, 3.63) is 53.9 Å². The molecule has 0 spiro atoms. The molecule has 2 rings (SSSR count). The van der Waals surface area contributed by atoms with Crippen LogP contribution in [-0.2, 0) is 4.79 Å². The molecule has 116 valence electrons. The van der Waals surface area contributed by atoms with Crippen LogP contribution < -0.4 is 10.6 Å². The third-order valence-electron chi connectivity index (χ3n) is 3.21. The fraction of sp³-hybridized carbons (Fsp3) is 0.294. The second kappa shape index (κ2) is 6.93. The first-order valence-corrected chi connectivity index (χ1v) is 7.29. The number of carbonyl (C=O) groups excluding carboxylic acids is 2. The Hall–Kier alpha value is -2.56. The second-order valence-electron chi connectivity index (χ2n) is 5.50. The molecule has 0 bridgehead atoms. The van der Waals surface area contributed by atoms with Gasteiger partial charge < -0.3 is 15.2 Å². The summed E-state index contributed by atoms with van der Waals surface area (Å²) < 4.78 is 1.96. The molecule has 2 aromatic rings. The maximum absolute atomic E-state index is 12.2. The van der Waals surface area contributed by atoms with Gasteiger partial charge in [0.25, 0.3) is 5.91 Å². The van der Waals surface area contributed by atoms with Crippen LogP contribution in [0.15, 0.2) is 42.7 Å². The lowest BCUT2D eigenvalue weighted by Gasteiger charge is -2.11. The van der Waals surface area contributed by atoms with E-state index >= 15 is 0 Å². The molecule has 0 aliphatic heterocycles. The summed E-state index contributed by atoms with van der Waals surface area (Å²) in [5.41, 5.74) is 2.56. The van der Waals surface area contributed by atoms with Gasteiger partial charge in [0.1, 0.15) is 0 Å². The summed E-state index contributed by atoms with van der Waals surface area (Å²) in [5, 5.41) is 5.37. The number of amides is 2. The highest BCUT2D eigenvalue weighted by molar-refractivity contribution is 5.97. The lowest BCUT2D eigenvalue weighted by Crippen LogP contribution is -2.39. The number of aryl methyl sites for hydroxylation is 1. The minimum Gasteiger partial charge on any atom is -0.352 e. The van der Waals surface area contributed by atoms with Crippen LogP contribution in [0.1, 0.15) is 29.8 Å². The fourth-order valence-electron chi connectivity index (χ4n) is 2.16. The van der Waals surface area contributed by atoms with Crippen LogP contribution in [0.25, 0.3) is 5.69 Å². The third kappa shape index (κ3) is 3.97. The van der Waals surface area contributed by atoms with Crippen LogP contribution >= 0.6 is 0 Å². The topological polar surface area (TPSA) is 63.1 Å². The molecular weight excluding hydrogens is 278 g/mol. The zero-order valence-electron chi connectivity index (χ0n) is 13.1. The maximum atomic E-state index is 12.2. The van der Waals surface area contributed by atoms with Gasteiger partial charge in [-0.1, -0.05) is 6.07 Å². The molecule has 5 nitrogen and oxygen atoms in total. The first-order chi connectivity index (χ1) is 10.5. The number of nitrogens with one attached hydrogen (secondary N) is 2. The Kier molecular flexibility index (Phi) is 4.99. The van der Waals surface area contributed by atoms with Crippen molar-refractivity contribution in [3.63, 3.8) is 0 Å². The molecule has 1 heterocycles. The van der Waals surface area contributed by atoms with Crippen LogP contribution in [0.2, 0.25) is 0 Å². The number of rotatable bonds is 5. The maximum Gasteiger partial charge on any atom is 0.251 e. The first-order valence-electron chi connectivity index (χ1n) is 7.29. The van der Waals surface area contributed by atoms with Gasteiger partial charge in [-0.3, -0.25) is 9.59 Å². The molecule has 0 unspecified atom stereocenters. The van der Waals surface area contributed by atoms with Gasteiger partial charge >= 0.3 is 0 Å². The van der Waals surface area contributed by atoms with E-state index in [1.165, 1.54) is 0 Å². The van der Waals surface area contributed by atoms with Crippen molar-refractivity contribution in [2.75, 3.05) is 6.54 Å². The van der Waals surface area contributed by atoms with Crippen LogP contribution in [0.3, 0.4) is 0 Å². The minimum absolute atomic E-state index is 0.0241. The van der Waals surface area contributed by atoms with E-state index in [0.717, 1.165) is 11.3 Å². The zero-order valence-corrected chi connectivity index (χ0v) is 13.1. The highest BCUT2D eigenvalue weighted by Crippen LogP contribution is 2.16. The van der Waals surface area contributed by atoms with Gasteiger partial charge in [0.05, 0.1) is 6.54 Å². The summed E-state index contributed by atoms with van der Waals surface area (Å²) in [7, 11) is 0. The van der Waals surface area contributed by atoms with E-state index in [-0.39, 0.29) is 24.4 Å². The highest BCUT2D eigenvalue weighted by Gasteiger charge is 2.11. The molecule has 0 radical (unpaired) electrons. The van der Waals surface area contributed by atoms with Gasteiger partial charge in [-0.15, -0.1) is 0 Å². The summed E-state index contributed by atoms with van der Waals surface area (Å²) in [6, 6.07) is 9.41. The van der Waals surface area contributed by atoms with Gasteiger partial charge in [0.2, 0.25) is 5.91 Å². The quantitative estimate of drug-likeness (QED) is 0.887. The summed E-state index contributed by atoms with van der Waals surface area (Å²) in [6.07, 6.45) is 3.86. The Balaban J connectivity index is 2.08. The molecule has 0 aliphatic rings.